The molecule has 3 heterocycles. The molecule has 166 valence electrons. The summed E-state index contributed by atoms with van der Waals surface area (Å²) in [7, 11) is 1.34. The minimum absolute atomic E-state index is 0.0419. The molecule has 0 saturated heterocycles. The molecule has 0 atom stereocenters. The maximum Gasteiger partial charge on any atom is 0.311 e. The molecule has 33 heavy (non-hydrogen) atoms. The van der Waals surface area contributed by atoms with Gasteiger partial charge in [-0.05, 0) is 48.4 Å². The lowest BCUT2D eigenvalue weighted by molar-refractivity contribution is -0.139. The molecule has 0 amide bonds. The number of ether oxygens (including phenoxy) is 1. The van der Waals surface area contributed by atoms with E-state index in [1.807, 2.05) is 43.3 Å². The topological polar surface area (TPSA) is 87.2 Å². The lowest BCUT2D eigenvalue weighted by Crippen LogP contribution is -2.06. The van der Waals surface area contributed by atoms with Gasteiger partial charge in [-0.2, -0.15) is 14.7 Å². The van der Waals surface area contributed by atoms with Crippen LogP contribution in [0, 0.1) is 0 Å². The molecule has 8 nitrogen and oxygen atoms in total. The first-order valence-electron chi connectivity index (χ1n) is 10.2. The Balaban J connectivity index is 1.83. The normalized spacial score (nSPS) is 11.4. The van der Waals surface area contributed by atoms with Crippen molar-refractivity contribution in [3.8, 4) is 16.8 Å². The summed E-state index contributed by atoms with van der Waals surface area (Å²) in [4.78, 5) is 12.0. The van der Waals surface area contributed by atoms with Crippen molar-refractivity contribution in [2.75, 3.05) is 7.11 Å². The lowest BCUT2D eigenvalue weighted by atomic mass is 10.0. The van der Waals surface area contributed by atoms with Crippen LogP contribution in [-0.4, -0.2) is 42.7 Å². The van der Waals surface area contributed by atoms with E-state index in [9.17, 15) is 4.79 Å². The molecule has 5 aromatic rings. The number of carbonyl (C=O) groups excluding carboxylic acids is 1. The van der Waals surface area contributed by atoms with Crippen LogP contribution in [0.1, 0.15) is 18.3 Å². The standard InChI is InChI=1S/C23H18Cl2N6O2/c1-3-17-20(13-4-6-14(24)7-5-13)22-27-26-21-18(12-19(32)33-2)29-30(23(21)31(22)28-17)16-10-8-15(25)9-11-16/h4-11H,3,12H2,1-2H3. The number of aryl methyl sites for hydroxylation is 1. The molecule has 0 saturated carbocycles. The summed E-state index contributed by atoms with van der Waals surface area (Å²) in [6, 6.07) is 14.8. The van der Waals surface area contributed by atoms with E-state index < -0.39 is 5.97 Å². The van der Waals surface area contributed by atoms with Gasteiger partial charge in [0.15, 0.2) is 16.8 Å². The zero-order valence-corrected chi connectivity index (χ0v) is 19.3. The fraction of sp³-hybridized carbons (Fsp3) is 0.174. The number of hydrogen-bond acceptors (Lipinski definition) is 6. The molecule has 2 aromatic carbocycles. The molecule has 0 aliphatic carbocycles. The zero-order chi connectivity index (χ0) is 23.1. The van der Waals surface area contributed by atoms with Gasteiger partial charge in [0.25, 0.3) is 0 Å². The summed E-state index contributed by atoms with van der Waals surface area (Å²) in [5.41, 5.74) is 5.51. The smallest absolute Gasteiger partial charge is 0.311 e. The molecule has 10 heteroatoms. The van der Waals surface area contributed by atoms with Crippen molar-refractivity contribution < 1.29 is 9.53 Å². The van der Waals surface area contributed by atoms with Crippen LogP contribution < -0.4 is 0 Å². The molecule has 0 N–H and O–H groups in total. The van der Waals surface area contributed by atoms with Gasteiger partial charge in [0.2, 0.25) is 0 Å². The number of benzene rings is 2. The molecule has 5 rings (SSSR count). The maximum absolute atomic E-state index is 12.0. The highest BCUT2D eigenvalue weighted by atomic mass is 35.5. The van der Waals surface area contributed by atoms with Gasteiger partial charge in [0.1, 0.15) is 5.69 Å². The van der Waals surface area contributed by atoms with Crippen LogP contribution in [0.15, 0.2) is 48.5 Å². The molecule has 0 spiro atoms. The summed E-state index contributed by atoms with van der Waals surface area (Å²) < 4.78 is 8.27. The van der Waals surface area contributed by atoms with Crippen molar-refractivity contribution in [3.05, 3.63) is 70.0 Å². The summed E-state index contributed by atoms with van der Waals surface area (Å²) >= 11 is 12.2. The van der Waals surface area contributed by atoms with Crippen LogP contribution in [0.2, 0.25) is 10.0 Å². The number of halogens is 2. The van der Waals surface area contributed by atoms with E-state index in [-0.39, 0.29) is 6.42 Å². The van der Waals surface area contributed by atoms with Gasteiger partial charge in [-0.3, -0.25) is 4.79 Å². The third-order valence-corrected chi connectivity index (χ3v) is 5.87. The average molecular weight is 481 g/mol. The van der Waals surface area contributed by atoms with E-state index in [0.717, 1.165) is 22.5 Å². The minimum Gasteiger partial charge on any atom is -0.469 e. The van der Waals surface area contributed by atoms with Crippen LogP contribution in [0.25, 0.3) is 33.6 Å². The van der Waals surface area contributed by atoms with Crippen LogP contribution in [0.5, 0.6) is 0 Å². The highest BCUT2D eigenvalue weighted by Gasteiger charge is 2.24. The third-order valence-electron chi connectivity index (χ3n) is 5.36. The van der Waals surface area contributed by atoms with Crippen LogP contribution in [0.4, 0.5) is 0 Å². The Kier molecular flexibility index (Phi) is 5.47. The average Bonchev–Trinajstić information content (AvgIpc) is 3.38. The Morgan fingerprint density at radius 3 is 2.24 bits per heavy atom. The number of hydrogen-bond donors (Lipinski definition) is 0. The summed E-state index contributed by atoms with van der Waals surface area (Å²) in [5.74, 6) is -0.420. The number of carbonyl (C=O) groups is 1. The zero-order valence-electron chi connectivity index (χ0n) is 17.8. The van der Waals surface area contributed by atoms with Crippen LogP contribution >= 0.6 is 23.2 Å². The molecule has 0 aliphatic rings. The van der Waals surface area contributed by atoms with Crippen molar-refractivity contribution in [2.45, 2.75) is 19.8 Å². The molecular weight excluding hydrogens is 463 g/mol. The number of nitrogens with zero attached hydrogens (tertiary/aromatic N) is 6. The number of methoxy groups -OCH3 is 1. The fourth-order valence-electron chi connectivity index (χ4n) is 3.78. The summed E-state index contributed by atoms with van der Waals surface area (Å²) in [5, 5.41) is 19.7. The van der Waals surface area contributed by atoms with Gasteiger partial charge < -0.3 is 4.74 Å². The van der Waals surface area contributed by atoms with Crippen LogP contribution in [-0.2, 0) is 22.4 Å². The number of rotatable bonds is 5. The van der Waals surface area contributed by atoms with E-state index in [0.29, 0.717) is 39.0 Å². The fourth-order valence-corrected chi connectivity index (χ4v) is 4.03. The van der Waals surface area contributed by atoms with Crippen molar-refractivity contribution >= 4 is 46.0 Å². The quantitative estimate of drug-likeness (QED) is 0.338. The highest BCUT2D eigenvalue weighted by molar-refractivity contribution is 6.30. The second-order valence-electron chi connectivity index (χ2n) is 7.38. The summed E-state index contributed by atoms with van der Waals surface area (Å²) in [6.45, 7) is 2.03. The monoisotopic (exact) mass is 480 g/mol. The van der Waals surface area contributed by atoms with E-state index in [1.54, 1.807) is 21.3 Å². The van der Waals surface area contributed by atoms with Gasteiger partial charge in [-0.25, -0.2) is 4.68 Å². The number of esters is 1. The third kappa shape index (κ3) is 3.71. The molecular formula is C23H18Cl2N6O2. The van der Waals surface area contributed by atoms with E-state index >= 15 is 0 Å². The van der Waals surface area contributed by atoms with Crippen molar-refractivity contribution in [2.24, 2.45) is 0 Å². The first kappa shape index (κ1) is 21.4. The number of fused-ring (bicyclic) bond motifs is 3. The maximum atomic E-state index is 12.0. The minimum atomic E-state index is -0.420. The Labute approximate surface area is 198 Å². The first-order chi connectivity index (χ1) is 16.0. The van der Waals surface area contributed by atoms with Gasteiger partial charge in [0.05, 0.1) is 30.5 Å². The highest BCUT2D eigenvalue weighted by Crippen LogP contribution is 2.31. The molecule has 3 aromatic heterocycles. The molecule has 0 fully saturated rings. The Bertz CT molecular complexity index is 1490. The van der Waals surface area contributed by atoms with E-state index in [2.05, 4.69) is 15.3 Å². The predicted molar refractivity (Wildman–Crippen MR) is 126 cm³/mol. The van der Waals surface area contributed by atoms with Crippen molar-refractivity contribution in [3.63, 3.8) is 0 Å². The van der Waals surface area contributed by atoms with Gasteiger partial charge in [-0.15, -0.1) is 10.2 Å². The lowest BCUT2D eigenvalue weighted by Gasteiger charge is -2.05. The Morgan fingerprint density at radius 2 is 1.61 bits per heavy atom. The van der Waals surface area contributed by atoms with Gasteiger partial charge in [-0.1, -0.05) is 42.3 Å². The van der Waals surface area contributed by atoms with Crippen LogP contribution in [0.3, 0.4) is 0 Å². The Morgan fingerprint density at radius 1 is 0.939 bits per heavy atom. The molecule has 0 unspecified atom stereocenters. The molecule has 0 aliphatic heterocycles. The second-order valence-corrected chi connectivity index (χ2v) is 8.25. The van der Waals surface area contributed by atoms with E-state index in [4.69, 9.17) is 33.0 Å². The SMILES string of the molecule is CCc1nn2c(nnc3c(CC(=O)OC)nn(-c4ccc(Cl)cc4)c32)c1-c1ccc(Cl)cc1. The number of aromatic nitrogens is 6. The van der Waals surface area contributed by atoms with Gasteiger partial charge in [0, 0.05) is 10.0 Å². The predicted octanol–water partition coefficient (Wildman–Crippen LogP) is 4.71. The van der Waals surface area contributed by atoms with E-state index in [1.165, 1.54) is 7.11 Å². The second kappa shape index (κ2) is 8.46. The summed E-state index contributed by atoms with van der Waals surface area (Å²) in [6.07, 6.45) is 0.645. The first-order valence-corrected chi connectivity index (χ1v) is 11.0. The molecule has 0 bridgehead atoms. The Hall–Kier alpha value is -3.49. The molecule has 0 radical (unpaired) electrons. The van der Waals surface area contributed by atoms with Gasteiger partial charge >= 0.3 is 5.97 Å². The largest absolute Gasteiger partial charge is 0.469 e. The van der Waals surface area contributed by atoms with Crippen molar-refractivity contribution in [1.82, 2.24) is 29.6 Å². The van der Waals surface area contributed by atoms with Crippen molar-refractivity contribution in [1.29, 1.82) is 0 Å².